The zero-order chi connectivity index (χ0) is 19.2. The fraction of sp³-hybridized carbons (Fsp3) is 0.619. The Labute approximate surface area is 162 Å². The summed E-state index contributed by atoms with van der Waals surface area (Å²) in [7, 11) is 1.67. The molecule has 3 rings (SSSR count). The molecule has 0 saturated carbocycles. The van der Waals surface area contributed by atoms with E-state index in [0.717, 1.165) is 50.3 Å². The Morgan fingerprint density at radius 3 is 2.48 bits per heavy atom. The number of piperidine rings is 1. The van der Waals surface area contributed by atoms with Crippen LogP contribution >= 0.6 is 0 Å². The first kappa shape index (κ1) is 19.5. The van der Waals surface area contributed by atoms with Gasteiger partial charge in [-0.15, -0.1) is 0 Å². The van der Waals surface area contributed by atoms with Gasteiger partial charge in [0.1, 0.15) is 12.2 Å². The minimum Gasteiger partial charge on any atom is -0.495 e. The van der Waals surface area contributed by atoms with Gasteiger partial charge in [-0.2, -0.15) is 0 Å². The van der Waals surface area contributed by atoms with Crippen LogP contribution in [0.25, 0.3) is 0 Å². The smallest absolute Gasteiger partial charge is 0.232 e. The van der Waals surface area contributed by atoms with E-state index in [-0.39, 0.29) is 18.2 Å². The van der Waals surface area contributed by atoms with Gasteiger partial charge in [-0.3, -0.25) is 9.59 Å². The van der Waals surface area contributed by atoms with Crippen molar-refractivity contribution in [3.8, 4) is 5.75 Å². The lowest BCUT2D eigenvalue weighted by Crippen LogP contribution is -2.51. The molecule has 0 aliphatic carbocycles. The van der Waals surface area contributed by atoms with Crippen LogP contribution in [0.5, 0.6) is 5.75 Å². The monoisotopic (exact) mass is 373 g/mol. The van der Waals surface area contributed by atoms with Gasteiger partial charge in [0.2, 0.25) is 11.8 Å². The molecule has 2 aliphatic rings. The van der Waals surface area contributed by atoms with Gasteiger partial charge in [0.25, 0.3) is 0 Å². The number of ether oxygens (including phenoxy) is 1. The molecular formula is C21H31N3O3. The van der Waals surface area contributed by atoms with Crippen molar-refractivity contribution in [1.82, 2.24) is 9.80 Å². The number of anilines is 1. The lowest BCUT2D eigenvalue weighted by Gasteiger charge is -2.38. The maximum Gasteiger partial charge on any atom is 0.232 e. The Kier molecular flexibility index (Phi) is 6.58. The van der Waals surface area contributed by atoms with Crippen LogP contribution in [0.15, 0.2) is 24.3 Å². The van der Waals surface area contributed by atoms with Gasteiger partial charge in [0.05, 0.1) is 12.8 Å². The van der Waals surface area contributed by atoms with E-state index < -0.39 is 0 Å². The zero-order valence-electron chi connectivity index (χ0n) is 16.5. The number of carbonyl (C=O) groups is 2. The molecular weight excluding hydrogens is 342 g/mol. The van der Waals surface area contributed by atoms with E-state index in [1.807, 2.05) is 34.1 Å². The number of hydrogen-bond acceptors (Lipinski definition) is 4. The van der Waals surface area contributed by atoms with Crippen molar-refractivity contribution in [2.75, 3.05) is 44.7 Å². The van der Waals surface area contributed by atoms with E-state index in [1.165, 1.54) is 6.42 Å². The second-order valence-electron chi connectivity index (χ2n) is 7.36. The normalized spacial score (nSPS) is 20.5. The van der Waals surface area contributed by atoms with Crippen LogP contribution in [0.1, 0.15) is 39.0 Å². The summed E-state index contributed by atoms with van der Waals surface area (Å²) >= 11 is 0. The summed E-state index contributed by atoms with van der Waals surface area (Å²) in [4.78, 5) is 31.3. The van der Waals surface area contributed by atoms with E-state index in [1.54, 1.807) is 7.11 Å². The van der Waals surface area contributed by atoms with Gasteiger partial charge in [0.15, 0.2) is 0 Å². The van der Waals surface area contributed by atoms with Gasteiger partial charge >= 0.3 is 0 Å². The van der Waals surface area contributed by atoms with Crippen molar-refractivity contribution >= 4 is 17.5 Å². The second kappa shape index (κ2) is 9.11. The summed E-state index contributed by atoms with van der Waals surface area (Å²) in [5.41, 5.74) is 1.06. The average Bonchev–Trinajstić information content (AvgIpc) is 2.73. The van der Waals surface area contributed by atoms with Crippen LogP contribution in [0.3, 0.4) is 0 Å². The number of para-hydroxylation sites is 2. The summed E-state index contributed by atoms with van der Waals surface area (Å²) in [6, 6.07) is 8.26. The lowest BCUT2D eigenvalue weighted by molar-refractivity contribution is -0.143. The van der Waals surface area contributed by atoms with Gasteiger partial charge in [-0.05, 0) is 37.8 Å². The number of nitrogens with zero attached hydrogens (tertiary/aromatic N) is 3. The molecule has 2 aliphatic heterocycles. The molecule has 2 amide bonds. The van der Waals surface area contributed by atoms with Crippen LogP contribution in [-0.2, 0) is 9.59 Å². The third-order valence-corrected chi connectivity index (χ3v) is 5.78. The minimum absolute atomic E-state index is 0.00120. The molecule has 0 N–H and O–H groups in total. The molecule has 0 radical (unpaired) electrons. The summed E-state index contributed by atoms with van der Waals surface area (Å²) in [6.45, 7) is 5.70. The van der Waals surface area contributed by atoms with Gasteiger partial charge in [0, 0.05) is 38.8 Å². The van der Waals surface area contributed by atoms with Crippen LogP contribution in [0, 0.1) is 0 Å². The Morgan fingerprint density at radius 2 is 1.78 bits per heavy atom. The highest BCUT2D eigenvalue weighted by atomic mass is 16.5. The molecule has 0 spiro atoms. The predicted octanol–water partition coefficient (Wildman–Crippen LogP) is 2.53. The standard InChI is InChI=1S/C21H31N3O3/c1-3-17-8-6-7-11-24(17)21(26)16-20(25)23-14-12-22(13-15-23)18-9-4-5-10-19(18)27-2/h4-5,9-10,17H,3,6-8,11-16H2,1-2H3. The fourth-order valence-corrected chi connectivity index (χ4v) is 4.18. The first-order valence-corrected chi connectivity index (χ1v) is 10.1. The third-order valence-electron chi connectivity index (χ3n) is 5.78. The highest BCUT2D eigenvalue weighted by Crippen LogP contribution is 2.28. The molecule has 0 aromatic heterocycles. The van der Waals surface area contributed by atoms with Crippen molar-refractivity contribution in [3.05, 3.63) is 24.3 Å². The predicted molar refractivity (Wildman–Crippen MR) is 106 cm³/mol. The fourth-order valence-electron chi connectivity index (χ4n) is 4.18. The summed E-state index contributed by atoms with van der Waals surface area (Å²) in [5, 5.41) is 0. The zero-order valence-corrected chi connectivity index (χ0v) is 16.5. The molecule has 1 aromatic rings. The molecule has 2 fully saturated rings. The highest BCUT2D eigenvalue weighted by Gasteiger charge is 2.29. The molecule has 0 bridgehead atoms. The molecule has 27 heavy (non-hydrogen) atoms. The highest BCUT2D eigenvalue weighted by molar-refractivity contribution is 5.97. The minimum atomic E-state index is -0.0416. The van der Waals surface area contributed by atoms with E-state index in [2.05, 4.69) is 11.8 Å². The number of amides is 2. The largest absolute Gasteiger partial charge is 0.495 e. The molecule has 6 heteroatoms. The van der Waals surface area contributed by atoms with Gasteiger partial charge < -0.3 is 19.4 Å². The van der Waals surface area contributed by atoms with E-state index in [4.69, 9.17) is 4.74 Å². The van der Waals surface area contributed by atoms with Crippen molar-refractivity contribution in [2.24, 2.45) is 0 Å². The van der Waals surface area contributed by atoms with Gasteiger partial charge in [-0.1, -0.05) is 19.1 Å². The molecule has 2 saturated heterocycles. The Bertz CT molecular complexity index is 656. The van der Waals surface area contributed by atoms with Crippen LogP contribution in [-0.4, -0.2) is 67.5 Å². The van der Waals surface area contributed by atoms with Gasteiger partial charge in [-0.25, -0.2) is 0 Å². The molecule has 148 valence electrons. The van der Waals surface area contributed by atoms with E-state index >= 15 is 0 Å². The van der Waals surface area contributed by atoms with Crippen LogP contribution < -0.4 is 9.64 Å². The average molecular weight is 373 g/mol. The first-order valence-electron chi connectivity index (χ1n) is 10.1. The topological polar surface area (TPSA) is 53.1 Å². The van der Waals surface area contributed by atoms with Crippen molar-refractivity contribution in [3.63, 3.8) is 0 Å². The number of hydrogen-bond donors (Lipinski definition) is 0. The SMILES string of the molecule is CCC1CCCCN1C(=O)CC(=O)N1CCN(c2ccccc2OC)CC1. The molecule has 6 nitrogen and oxygen atoms in total. The number of carbonyl (C=O) groups excluding carboxylic acids is 2. The molecule has 1 unspecified atom stereocenters. The van der Waals surface area contributed by atoms with Crippen molar-refractivity contribution in [1.29, 1.82) is 0 Å². The molecule has 2 heterocycles. The Hall–Kier alpha value is -2.24. The molecule has 1 aromatic carbocycles. The lowest BCUT2D eigenvalue weighted by atomic mass is 9.99. The summed E-state index contributed by atoms with van der Waals surface area (Å²) in [6.07, 6.45) is 4.27. The first-order chi connectivity index (χ1) is 13.1. The van der Waals surface area contributed by atoms with Crippen LogP contribution in [0.2, 0.25) is 0 Å². The third kappa shape index (κ3) is 4.54. The summed E-state index contributed by atoms with van der Waals surface area (Å²) in [5.74, 6) is 0.807. The van der Waals surface area contributed by atoms with E-state index in [9.17, 15) is 9.59 Å². The number of likely N-dealkylation sites (tertiary alicyclic amines) is 1. The number of rotatable bonds is 5. The number of piperazine rings is 1. The maximum atomic E-state index is 12.6. The number of methoxy groups -OCH3 is 1. The number of benzene rings is 1. The Balaban J connectivity index is 1.53. The Morgan fingerprint density at radius 1 is 1.04 bits per heavy atom. The molecule has 1 atom stereocenters. The van der Waals surface area contributed by atoms with E-state index in [0.29, 0.717) is 19.1 Å². The maximum absolute atomic E-state index is 12.6. The second-order valence-corrected chi connectivity index (χ2v) is 7.36. The van der Waals surface area contributed by atoms with Crippen LogP contribution in [0.4, 0.5) is 5.69 Å². The van der Waals surface area contributed by atoms with Crippen molar-refractivity contribution in [2.45, 2.75) is 45.1 Å². The quantitative estimate of drug-likeness (QED) is 0.745. The van der Waals surface area contributed by atoms with Crippen molar-refractivity contribution < 1.29 is 14.3 Å². The summed E-state index contributed by atoms with van der Waals surface area (Å²) < 4.78 is 5.44.